The number of hydrogen-bond donors (Lipinski definition) is 0. The smallest absolute Gasteiger partial charge is 0.245 e. The summed E-state index contributed by atoms with van der Waals surface area (Å²) in [4.78, 5) is 30.0. The fourth-order valence-electron chi connectivity index (χ4n) is 3.89. The normalized spacial score (nSPS) is 20.3. The van der Waals surface area contributed by atoms with Crippen LogP contribution in [0, 0.1) is 5.92 Å². The van der Waals surface area contributed by atoms with Gasteiger partial charge in [-0.3, -0.25) is 9.59 Å². The highest BCUT2D eigenvalue weighted by Crippen LogP contribution is 2.31. The van der Waals surface area contributed by atoms with Crippen LogP contribution >= 0.6 is 0 Å². The first-order valence-corrected chi connectivity index (χ1v) is 10.3. The molecule has 1 aromatic rings. The summed E-state index contributed by atoms with van der Waals surface area (Å²) in [5, 5.41) is 0. The summed E-state index contributed by atoms with van der Waals surface area (Å²) in [7, 11) is 1.64. The third kappa shape index (κ3) is 5.24. The molecule has 1 aromatic carbocycles. The summed E-state index contributed by atoms with van der Waals surface area (Å²) in [5.41, 5.74) is 1.01. The third-order valence-corrected chi connectivity index (χ3v) is 5.57. The average Bonchev–Trinajstić information content (AvgIpc) is 3.51. The van der Waals surface area contributed by atoms with Gasteiger partial charge in [-0.05, 0) is 55.7 Å². The van der Waals surface area contributed by atoms with Gasteiger partial charge in [0.1, 0.15) is 11.8 Å². The molecule has 27 heavy (non-hydrogen) atoms. The Labute approximate surface area is 162 Å². The lowest BCUT2D eigenvalue weighted by Crippen LogP contribution is -2.50. The average molecular weight is 373 g/mol. The molecule has 5 heteroatoms. The summed E-state index contributed by atoms with van der Waals surface area (Å²) >= 11 is 0. The van der Waals surface area contributed by atoms with Crippen molar-refractivity contribution >= 4 is 11.8 Å². The topological polar surface area (TPSA) is 49.9 Å². The Hall–Kier alpha value is -2.04. The largest absolute Gasteiger partial charge is 0.497 e. The Morgan fingerprint density at radius 2 is 2.07 bits per heavy atom. The van der Waals surface area contributed by atoms with E-state index in [4.69, 9.17) is 4.74 Å². The number of carbonyl (C=O) groups excluding carboxylic acids is 2. The van der Waals surface area contributed by atoms with Gasteiger partial charge in [-0.15, -0.1) is 0 Å². The Morgan fingerprint density at radius 1 is 1.26 bits per heavy atom. The number of nitrogens with zero attached hydrogens (tertiary/aromatic N) is 2. The summed E-state index contributed by atoms with van der Waals surface area (Å²) in [6.07, 6.45) is 6.50. The van der Waals surface area contributed by atoms with Crippen LogP contribution < -0.4 is 4.74 Å². The monoisotopic (exact) mass is 372 g/mol. The fraction of sp³-hybridized carbons (Fsp3) is 0.636. The van der Waals surface area contributed by atoms with E-state index >= 15 is 0 Å². The summed E-state index contributed by atoms with van der Waals surface area (Å²) in [5.74, 6) is 1.67. The number of likely N-dealkylation sites (tertiary alicyclic amines) is 1. The zero-order chi connectivity index (χ0) is 19.2. The van der Waals surface area contributed by atoms with Crippen LogP contribution in [0.15, 0.2) is 24.3 Å². The van der Waals surface area contributed by atoms with E-state index in [0.717, 1.165) is 50.1 Å². The molecular formula is C22H32N2O3. The van der Waals surface area contributed by atoms with Gasteiger partial charge in [-0.1, -0.05) is 25.5 Å². The lowest BCUT2D eigenvalue weighted by atomic mass is 10.1. The Morgan fingerprint density at radius 3 is 2.78 bits per heavy atom. The summed E-state index contributed by atoms with van der Waals surface area (Å²) in [6, 6.07) is 7.44. The molecule has 1 saturated heterocycles. The minimum atomic E-state index is -0.337. The van der Waals surface area contributed by atoms with Crippen molar-refractivity contribution < 1.29 is 14.3 Å². The standard InChI is InChI=1S/C22H32N2O3/c1-3-13-23(15-17-11-12-17)22(26)20-9-4-5-10-21(25)24(20)16-18-7-6-8-19(14-18)27-2/h6-8,14,17,20H,3-5,9-13,15-16H2,1-2H3. The van der Waals surface area contributed by atoms with Crippen molar-refractivity contribution in [2.75, 3.05) is 20.2 Å². The van der Waals surface area contributed by atoms with Gasteiger partial charge in [0.15, 0.2) is 0 Å². The lowest BCUT2D eigenvalue weighted by Gasteiger charge is -2.34. The van der Waals surface area contributed by atoms with Crippen LogP contribution in [-0.4, -0.2) is 47.9 Å². The molecule has 0 aromatic heterocycles. The highest BCUT2D eigenvalue weighted by molar-refractivity contribution is 5.88. The number of rotatable bonds is 8. The van der Waals surface area contributed by atoms with Gasteiger partial charge in [0, 0.05) is 26.1 Å². The van der Waals surface area contributed by atoms with Gasteiger partial charge >= 0.3 is 0 Å². The van der Waals surface area contributed by atoms with Crippen molar-refractivity contribution in [1.29, 1.82) is 0 Å². The van der Waals surface area contributed by atoms with Crippen molar-refractivity contribution in [3.63, 3.8) is 0 Å². The molecule has 1 atom stereocenters. The first kappa shape index (κ1) is 19.7. The number of amides is 2. The van der Waals surface area contributed by atoms with Crippen LogP contribution in [0.2, 0.25) is 0 Å². The molecule has 0 bridgehead atoms. The molecule has 0 N–H and O–H groups in total. The highest BCUT2D eigenvalue weighted by Gasteiger charge is 2.36. The van der Waals surface area contributed by atoms with Crippen LogP contribution in [0.1, 0.15) is 57.4 Å². The third-order valence-electron chi connectivity index (χ3n) is 5.57. The van der Waals surface area contributed by atoms with E-state index in [1.54, 1.807) is 7.11 Å². The van der Waals surface area contributed by atoms with Crippen LogP contribution in [0.25, 0.3) is 0 Å². The zero-order valence-corrected chi connectivity index (χ0v) is 16.7. The highest BCUT2D eigenvalue weighted by atomic mass is 16.5. The summed E-state index contributed by atoms with van der Waals surface area (Å²) in [6.45, 7) is 4.21. The first-order valence-electron chi connectivity index (χ1n) is 10.3. The van der Waals surface area contributed by atoms with Crippen LogP contribution in [-0.2, 0) is 16.1 Å². The molecule has 3 rings (SSSR count). The van der Waals surface area contributed by atoms with Crippen molar-refractivity contribution in [2.45, 2.75) is 64.5 Å². The van der Waals surface area contributed by atoms with E-state index < -0.39 is 0 Å². The molecule has 1 saturated carbocycles. The van der Waals surface area contributed by atoms with Gasteiger partial charge in [0.05, 0.1) is 7.11 Å². The van der Waals surface area contributed by atoms with Gasteiger partial charge < -0.3 is 14.5 Å². The molecule has 2 fully saturated rings. The molecule has 2 amide bonds. The number of hydrogen-bond acceptors (Lipinski definition) is 3. The summed E-state index contributed by atoms with van der Waals surface area (Å²) < 4.78 is 5.31. The number of benzene rings is 1. The zero-order valence-electron chi connectivity index (χ0n) is 16.7. The predicted molar refractivity (Wildman–Crippen MR) is 105 cm³/mol. The first-order chi connectivity index (χ1) is 13.1. The molecule has 0 spiro atoms. The Balaban J connectivity index is 1.79. The molecule has 5 nitrogen and oxygen atoms in total. The second kappa shape index (κ2) is 9.25. The van der Waals surface area contributed by atoms with Gasteiger partial charge in [0.25, 0.3) is 0 Å². The minimum Gasteiger partial charge on any atom is -0.497 e. The van der Waals surface area contributed by atoms with E-state index in [-0.39, 0.29) is 17.9 Å². The quantitative estimate of drug-likeness (QED) is 0.700. The lowest BCUT2D eigenvalue weighted by molar-refractivity contribution is -0.146. The molecule has 1 heterocycles. The van der Waals surface area contributed by atoms with Crippen LogP contribution in [0.5, 0.6) is 5.75 Å². The van der Waals surface area contributed by atoms with E-state index in [9.17, 15) is 9.59 Å². The van der Waals surface area contributed by atoms with E-state index in [1.807, 2.05) is 34.1 Å². The van der Waals surface area contributed by atoms with Gasteiger partial charge in [-0.25, -0.2) is 0 Å². The second-order valence-corrected chi connectivity index (χ2v) is 7.86. The van der Waals surface area contributed by atoms with Crippen molar-refractivity contribution in [3.05, 3.63) is 29.8 Å². The van der Waals surface area contributed by atoms with Crippen molar-refractivity contribution in [1.82, 2.24) is 9.80 Å². The van der Waals surface area contributed by atoms with Crippen LogP contribution in [0.4, 0.5) is 0 Å². The molecule has 1 unspecified atom stereocenters. The maximum Gasteiger partial charge on any atom is 0.245 e. The molecule has 1 aliphatic heterocycles. The van der Waals surface area contributed by atoms with E-state index in [2.05, 4.69) is 6.92 Å². The molecule has 0 radical (unpaired) electrons. The second-order valence-electron chi connectivity index (χ2n) is 7.86. The molecular weight excluding hydrogens is 340 g/mol. The predicted octanol–water partition coefficient (Wildman–Crippen LogP) is 3.62. The molecule has 2 aliphatic rings. The number of ether oxygens (including phenoxy) is 1. The minimum absolute atomic E-state index is 0.0940. The van der Waals surface area contributed by atoms with Crippen molar-refractivity contribution in [2.24, 2.45) is 5.92 Å². The molecule has 1 aliphatic carbocycles. The van der Waals surface area contributed by atoms with Gasteiger partial charge in [-0.2, -0.15) is 0 Å². The SMILES string of the molecule is CCCN(CC1CC1)C(=O)C1CCCCC(=O)N1Cc1cccc(OC)c1. The van der Waals surface area contributed by atoms with Crippen LogP contribution in [0.3, 0.4) is 0 Å². The maximum absolute atomic E-state index is 13.4. The fourth-order valence-corrected chi connectivity index (χ4v) is 3.89. The van der Waals surface area contributed by atoms with Gasteiger partial charge in [0.2, 0.25) is 11.8 Å². The maximum atomic E-state index is 13.4. The Bertz CT molecular complexity index is 657. The molecule has 148 valence electrons. The number of carbonyl (C=O) groups is 2. The number of methoxy groups -OCH3 is 1. The van der Waals surface area contributed by atoms with Crippen molar-refractivity contribution in [3.8, 4) is 5.75 Å². The van der Waals surface area contributed by atoms with E-state index in [1.165, 1.54) is 12.8 Å². The van der Waals surface area contributed by atoms with E-state index in [0.29, 0.717) is 18.9 Å². The Kier molecular flexibility index (Phi) is 6.75.